The van der Waals surface area contributed by atoms with Crippen molar-refractivity contribution in [2.75, 3.05) is 27.7 Å². The lowest BCUT2D eigenvalue weighted by atomic mass is 9.57. The summed E-state index contributed by atoms with van der Waals surface area (Å²) in [6.07, 6.45) is -5.63. The van der Waals surface area contributed by atoms with Gasteiger partial charge >= 0.3 is 6.18 Å². The number of rotatable bonds is 6. The number of aromatic hydroxyl groups is 1. The van der Waals surface area contributed by atoms with Crippen LogP contribution in [0.2, 0.25) is 0 Å². The molecule has 6 N–H and O–H groups in total. The van der Waals surface area contributed by atoms with Gasteiger partial charge in [-0.1, -0.05) is 13.8 Å². The van der Waals surface area contributed by atoms with Crippen molar-refractivity contribution in [1.82, 2.24) is 9.80 Å². The van der Waals surface area contributed by atoms with E-state index in [4.69, 9.17) is 5.73 Å². The minimum Gasteiger partial charge on any atom is -0.508 e. The summed E-state index contributed by atoms with van der Waals surface area (Å²) in [4.78, 5) is 42.1. The number of halogens is 3. The molecule has 224 valence electrons. The number of carbonyl (C=O) groups excluding carboxylic acids is 3. The van der Waals surface area contributed by atoms with Crippen molar-refractivity contribution in [3.63, 3.8) is 0 Å². The highest BCUT2D eigenvalue weighted by molar-refractivity contribution is 6.24. The van der Waals surface area contributed by atoms with E-state index in [9.17, 15) is 48.0 Å². The fourth-order valence-electron chi connectivity index (χ4n) is 6.84. The van der Waals surface area contributed by atoms with Crippen LogP contribution in [0.15, 0.2) is 23.0 Å². The Balaban J connectivity index is 1.96. The SMILES string of the molecule is CC(C)CN(C)Cc1cc(O)c2c(c1C(F)(F)F)C[C@H]1C[C@H]3[C@H](N(C)C)C(=O)C(C(N)=O)=C(O)[C@@]3(O)C(=O)C1=C2O. The predicted molar refractivity (Wildman–Crippen MR) is 140 cm³/mol. The minimum atomic E-state index is -4.88. The first-order valence-corrected chi connectivity index (χ1v) is 13.1. The van der Waals surface area contributed by atoms with Crippen LogP contribution in [0.5, 0.6) is 5.75 Å². The van der Waals surface area contributed by atoms with Crippen LogP contribution in [0.4, 0.5) is 13.2 Å². The van der Waals surface area contributed by atoms with Crippen molar-refractivity contribution < 1.29 is 48.0 Å². The molecule has 0 saturated heterocycles. The summed E-state index contributed by atoms with van der Waals surface area (Å²) in [5.41, 5.74) is -1.31. The number of amides is 1. The Labute approximate surface area is 234 Å². The molecule has 4 atom stereocenters. The fourth-order valence-corrected chi connectivity index (χ4v) is 6.84. The molecule has 0 aromatic heterocycles. The number of ketones is 2. The van der Waals surface area contributed by atoms with E-state index >= 15 is 0 Å². The molecule has 4 rings (SSSR count). The van der Waals surface area contributed by atoms with Crippen LogP contribution >= 0.6 is 0 Å². The van der Waals surface area contributed by atoms with Gasteiger partial charge in [0.1, 0.15) is 22.8 Å². The summed E-state index contributed by atoms with van der Waals surface area (Å²) in [5.74, 6) is -8.86. The molecule has 41 heavy (non-hydrogen) atoms. The van der Waals surface area contributed by atoms with Crippen LogP contribution in [0.3, 0.4) is 0 Å². The van der Waals surface area contributed by atoms with Crippen molar-refractivity contribution in [1.29, 1.82) is 0 Å². The zero-order valence-electron chi connectivity index (χ0n) is 23.3. The number of hydrogen-bond acceptors (Lipinski definition) is 9. The highest BCUT2D eigenvalue weighted by atomic mass is 19.4. The lowest BCUT2D eigenvalue weighted by Crippen LogP contribution is -2.65. The van der Waals surface area contributed by atoms with Gasteiger partial charge in [0, 0.05) is 24.6 Å². The van der Waals surface area contributed by atoms with Gasteiger partial charge in [-0.15, -0.1) is 0 Å². The van der Waals surface area contributed by atoms with Gasteiger partial charge in [0.2, 0.25) is 5.78 Å². The number of nitrogens with two attached hydrogens (primary N) is 1. The molecule has 0 unspecified atom stereocenters. The number of primary amides is 1. The van der Waals surface area contributed by atoms with Crippen molar-refractivity contribution in [2.24, 2.45) is 23.5 Å². The maximum absolute atomic E-state index is 14.6. The van der Waals surface area contributed by atoms with Crippen LogP contribution in [0.1, 0.15) is 42.5 Å². The van der Waals surface area contributed by atoms with E-state index in [1.54, 1.807) is 11.9 Å². The van der Waals surface area contributed by atoms with E-state index in [1.165, 1.54) is 19.0 Å². The molecular formula is C28H34F3N3O7. The van der Waals surface area contributed by atoms with Crippen molar-refractivity contribution >= 4 is 23.2 Å². The summed E-state index contributed by atoms with van der Waals surface area (Å²) >= 11 is 0. The molecule has 10 nitrogen and oxygen atoms in total. The number of aliphatic hydroxyl groups is 3. The maximum atomic E-state index is 14.6. The Morgan fingerprint density at radius 1 is 1.17 bits per heavy atom. The third-order valence-electron chi connectivity index (χ3n) is 8.21. The van der Waals surface area contributed by atoms with Crippen molar-refractivity contribution in [3.05, 3.63) is 45.2 Å². The van der Waals surface area contributed by atoms with Gasteiger partial charge in [-0.25, -0.2) is 0 Å². The topological polar surface area (TPSA) is 165 Å². The molecule has 1 aromatic carbocycles. The summed E-state index contributed by atoms with van der Waals surface area (Å²) < 4.78 is 43.8. The third-order valence-corrected chi connectivity index (χ3v) is 8.21. The van der Waals surface area contributed by atoms with Gasteiger partial charge in [0.25, 0.3) is 5.91 Å². The molecule has 0 bridgehead atoms. The number of phenols is 1. The number of carbonyl (C=O) groups is 3. The number of hydrogen-bond donors (Lipinski definition) is 5. The zero-order valence-corrected chi connectivity index (χ0v) is 23.3. The van der Waals surface area contributed by atoms with E-state index in [0.29, 0.717) is 6.54 Å². The smallest absolute Gasteiger partial charge is 0.417 e. The maximum Gasteiger partial charge on any atom is 0.417 e. The van der Waals surface area contributed by atoms with E-state index in [1.807, 2.05) is 13.8 Å². The molecule has 1 fully saturated rings. The zero-order chi connectivity index (χ0) is 30.9. The number of fused-ring (bicyclic) bond motifs is 3. The Kier molecular flexibility index (Phi) is 7.55. The minimum absolute atomic E-state index is 0.150. The monoisotopic (exact) mass is 581 g/mol. The number of benzene rings is 1. The van der Waals surface area contributed by atoms with Gasteiger partial charge < -0.3 is 31.1 Å². The number of Topliss-reactive ketones (excluding diaryl/α,β-unsaturated/α-hetero) is 2. The number of likely N-dealkylation sites (N-methyl/N-ethyl adjacent to an activating group) is 1. The van der Waals surface area contributed by atoms with E-state index in [-0.39, 0.29) is 24.4 Å². The lowest BCUT2D eigenvalue weighted by Gasteiger charge is -2.50. The Morgan fingerprint density at radius 3 is 2.29 bits per heavy atom. The summed E-state index contributed by atoms with van der Waals surface area (Å²) in [7, 11) is 4.52. The molecule has 1 aromatic rings. The van der Waals surface area contributed by atoms with Crippen LogP contribution in [0.25, 0.3) is 5.76 Å². The third kappa shape index (κ3) is 4.69. The second-order valence-electron chi connectivity index (χ2n) is 11.8. The molecule has 3 aliphatic rings. The van der Waals surface area contributed by atoms with Crippen LogP contribution in [0, 0.1) is 17.8 Å². The molecule has 13 heteroatoms. The van der Waals surface area contributed by atoms with Gasteiger partial charge in [-0.2, -0.15) is 13.2 Å². The van der Waals surface area contributed by atoms with Gasteiger partial charge in [-0.05, 0) is 63.0 Å². The van der Waals surface area contributed by atoms with Crippen LogP contribution in [-0.4, -0.2) is 87.0 Å². The molecular weight excluding hydrogens is 547 g/mol. The number of alkyl halides is 3. The van der Waals surface area contributed by atoms with Crippen molar-refractivity contribution in [3.8, 4) is 5.75 Å². The summed E-state index contributed by atoms with van der Waals surface area (Å²) in [6, 6.07) is -0.427. The highest BCUT2D eigenvalue weighted by Crippen LogP contribution is 2.54. The Bertz CT molecular complexity index is 1400. The number of phenolic OH excluding ortho intramolecular Hbond substituents is 1. The number of aliphatic hydroxyl groups excluding tert-OH is 2. The second kappa shape index (κ2) is 10.1. The standard InChI is InChI=1S/C28H34F3N3O7/c1-11(2)9-34(5)10-13-8-16(35)18-14(20(13)28(29,30)31)6-12-7-15-21(33(3)4)23(37)19(26(32)40)25(39)27(15,41)24(38)17(12)22(18)36/h8,11-12,15,21,35-36,39,41H,6-7,9-10H2,1-5H3,(H2,32,40)/t12-,15-,21-,27-/m0/s1. The van der Waals surface area contributed by atoms with Gasteiger partial charge in [-0.3, -0.25) is 19.3 Å². The molecule has 1 saturated carbocycles. The Morgan fingerprint density at radius 2 is 1.78 bits per heavy atom. The fraction of sp³-hybridized carbons (Fsp3) is 0.536. The highest BCUT2D eigenvalue weighted by Gasteiger charge is 2.64. The molecule has 0 aliphatic heterocycles. The first-order valence-electron chi connectivity index (χ1n) is 13.1. The van der Waals surface area contributed by atoms with E-state index in [0.717, 1.165) is 6.07 Å². The molecule has 0 heterocycles. The first-order chi connectivity index (χ1) is 18.8. The predicted octanol–water partition coefficient (Wildman–Crippen LogP) is 2.07. The van der Waals surface area contributed by atoms with Gasteiger partial charge in [0.05, 0.1) is 17.2 Å². The average Bonchev–Trinajstić information content (AvgIpc) is 2.79. The summed E-state index contributed by atoms with van der Waals surface area (Å²) in [6.45, 7) is 4.15. The molecule has 0 radical (unpaired) electrons. The van der Waals surface area contributed by atoms with Crippen molar-refractivity contribution in [2.45, 2.75) is 51.1 Å². The normalized spacial score (nSPS) is 26.6. The summed E-state index contributed by atoms with van der Waals surface area (Å²) in [5, 5.41) is 44.6. The molecule has 1 amide bonds. The lowest BCUT2D eigenvalue weighted by molar-refractivity contribution is -0.153. The van der Waals surface area contributed by atoms with Gasteiger partial charge in [0.15, 0.2) is 11.4 Å². The van der Waals surface area contributed by atoms with Crippen LogP contribution in [-0.2, 0) is 33.5 Å². The van der Waals surface area contributed by atoms with E-state index in [2.05, 4.69) is 0 Å². The Hall–Kier alpha value is -3.42. The number of nitrogens with zero attached hydrogens (tertiary/aromatic N) is 2. The van der Waals surface area contributed by atoms with E-state index < -0.39 is 98.7 Å². The average molecular weight is 582 g/mol. The molecule has 0 spiro atoms. The molecule has 3 aliphatic carbocycles. The largest absolute Gasteiger partial charge is 0.508 e. The van der Waals surface area contributed by atoms with Crippen LogP contribution < -0.4 is 5.73 Å². The first kappa shape index (κ1) is 30.5. The quantitative estimate of drug-likeness (QED) is 0.316. The second-order valence-corrected chi connectivity index (χ2v) is 11.8.